The number of carboxylic acid groups (broad SMARTS) is 2. The minimum atomic E-state index is -5.08. The minimum Gasteiger partial charge on any atom is -0.475 e. The summed E-state index contributed by atoms with van der Waals surface area (Å²) in [6, 6.07) is 11.7. The van der Waals surface area contributed by atoms with E-state index in [1.807, 2.05) is 47.4 Å². The molecule has 2 saturated heterocycles. The van der Waals surface area contributed by atoms with Crippen LogP contribution in [0, 0.1) is 0 Å². The topological polar surface area (TPSA) is 252 Å². The van der Waals surface area contributed by atoms with Gasteiger partial charge in [-0.15, -0.1) is 0 Å². The highest BCUT2D eigenvalue weighted by Crippen LogP contribution is 2.22. The van der Waals surface area contributed by atoms with Crippen molar-refractivity contribution >= 4 is 52.2 Å². The summed E-state index contributed by atoms with van der Waals surface area (Å²) >= 11 is 0. The fourth-order valence-corrected chi connectivity index (χ4v) is 6.01. The molecule has 15 nitrogen and oxygen atoms in total. The number of guanidine groups is 1. The van der Waals surface area contributed by atoms with Gasteiger partial charge >= 0.3 is 24.3 Å². The van der Waals surface area contributed by atoms with Crippen LogP contribution in [0.25, 0.3) is 10.8 Å². The van der Waals surface area contributed by atoms with E-state index in [2.05, 4.69) is 10.3 Å². The summed E-state index contributed by atoms with van der Waals surface area (Å²) < 4.78 is 63.5. The molecule has 0 aliphatic carbocycles. The summed E-state index contributed by atoms with van der Waals surface area (Å²) in [7, 11) is 0. The number of rotatable bonds is 13. The molecule has 21 heteroatoms. The third-order valence-corrected chi connectivity index (χ3v) is 8.85. The SMILES string of the molecule is NC(N)=NCCCC(NC(=O)[C@@H]1CCCN1C(=O)[C@H](N)Cc1ccc2ccccc2c1)C(=O)CCC(=O)N1CCCCC1.O=C(O)C(F)(F)F.O=C(O)C(F)(F)F. The Balaban J connectivity index is 0.000000682. The van der Waals surface area contributed by atoms with Gasteiger partial charge in [0, 0.05) is 39.0 Å². The van der Waals surface area contributed by atoms with Crippen molar-refractivity contribution in [3.05, 3.63) is 48.0 Å². The first-order valence-electron chi connectivity index (χ1n) is 17.9. The summed E-state index contributed by atoms with van der Waals surface area (Å²) in [5.74, 6) is -6.47. The normalized spacial score (nSPS) is 16.5. The Kier molecular flexibility index (Phi) is 18.7. The van der Waals surface area contributed by atoms with Gasteiger partial charge in [-0.3, -0.25) is 24.2 Å². The quantitative estimate of drug-likeness (QED) is 0.0742. The van der Waals surface area contributed by atoms with Crippen LogP contribution in [0.4, 0.5) is 26.3 Å². The number of fused-ring (bicyclic) bond motifs is 1. The number of halogens is 6. The molecule has 2 aromatic rings. The van der Waals surface area contributed by atoms with Crippen molar-refractivity contribution in [3.63, 3.8) is 0 Å². The molecule has 0 bridgehead atoms. The van der Waals surface area contributed by atoms with Gasteiger partial charge in [0.2, 0.25) is 17.7 Å². The number of carbonyl (C=O) groups excluding carboxylic acids is 4. The molecular formula is C36H47F6N7O8. The van der Waals surface area contributed by atoms with Crippen molar-refractivity contribution in [3.8, 4) is 0 Å². The van der Waals surface area contributed by atoms with E-state index in [1.165, 1.54) is 0 Å². The molecule has 316 valence electrons. The second-order valence-corrected chi connectivity index (χ2v) is 13.2. The number of nitrogens with two attached hydrogens (primary N) is 3. The van der Waals surface area contributed by atoms with Crippen molar-refractivity contribution < 1.29 is 65.3 Å². The molecule has 2 aromatic carbocycles. The second-order valence-electron chi connectivity index (χ2n) is 13.2. The van der Waals surface area contributed by atoms with Crippen LogP contribution in [0.3, 0.4) is 0 Å². The van der Waals surface area contributed by atoms with Crippen LogP contribution in [0.5, 0.6) is 0 Å². The maximum absolute atomic E-state index is 13.5. The van der Waals surface area contributed by atoms with Gasteiger partial charge in [0.1, 0.15) is 6.04 Å². The molecule has 57 heavy (non-hydrogen) atoms. The number of Topliss-reactive ketones (excluding diaryl/α,β-unsaturated/α-hetero) is 1. The number of amides is 3. The number of ketones is 1. The van der Waals surface area contributed by atoms with Crippen molar-refractivity contribution in [2.75, 3.05) is 26.2 Å². The van der Waals surface area contributed by atoms with E-state index in [9.17, 15) is 45.5 Å². The van der Waals surface area contributed by atoms with Gasteiger partial charge in [0.25, 0.3) is 0 Å². The molecule has 1 unspecified atom stereocenters. The lowest BCUT2D eigenvalue weighted by molar-refractivity contribution is -0.193. The number of aliphatic carboxylic acids is 2. The molecule has 2 heterocycles. The molecule has 2 fully saturated rings. The standard InChI is InChI=1S/C32H45N7O4.2C2HF3O2/c33-25(21-22-12-13-23-8-2-3-9-24(23)20-22)31(43)39-19-7-11-27(39)30(42)37-26(10-6-16-36-32(34)35)28(40)14-15-29(41)38-17-4-1-5-18-38;2*3-2(4,5)1(6)7/h2-3,8-9,12-13,20,25-27H,1,4-7,10-11,14-19,21,33H2,(H,37,42)(H4,34,35,36);2*(H,6,7)/t25-,26?,27+;;/m1../s1. The number of alkyl halides is 6. The first-order valence-corrected chi connectivity index (χ1v) is 17.9. The van der Waals surface area contributed by atoms with Crippen molar-refractivity contribution in [2.24, 2.45) is 22.2 Å². The monoisotopic (exact) mass is 819 g/mol. The first-order chi connectivity index (χ1) is 26.6. The highest BCUT2D eigenvalue weighted by molar-refractivity contribution is 5.95. The number of nitrogens with zero attached hydrogens (tertiary/aromatic N) is 3. The Hall–Kier alpha value is -5.47. The van der Waals surface area contributed by atoms with Gasteiger partial charge < -0.3 is 42.5 Å². The number of carbonyl (C=O) groups is 6. The van der Waals surface area contributed by atoms with Gasteiger partial charge in [0.05, 0.1) is 12.1 Å². The highest BCUT2D eigenvalue weighted by atomic mass is 19.4. The van der Waals surface area contributed by atoms with Crippen LogP contribution in [0.15, 0.2) is 47.5 Å². The lowest BCUT2D eigenvalue weighted by Crippen LogP contribution is -2.54. The fraction of sp³-hybridized carbons (Fsp3) is 0.528. The molecule has 4 rings (SSSR count). The largest absolute Gasteiger partial charge is 0.490 e. The van der Waals surface area contributed by atoms with E-state index in [0.29, 0.717) is 45.2 Å². The van der Waals surface area contributed by atoms with Crippen molar-refractivity contribution in [2.45, 2.75) is 94.7 Å². The lowest BCUT2D eigenvalue weighted by Gasteiger charge is -2.29. The molecule has 2 aliphatic rings. The number of likely N-dealkylation sites (tertiary alicyclic amines) is 2. The maximum Gasteiger partial charge on any atom is 0.490 e. The van der Waals surface area contributed by atoms with Crippen molar-refractivity contribution in [1.29, 1.82) is 0 Å². The van der Waals surface area contributed by atoms with E-state index in [1.54, 1.807) is 4.90 Å². The molecular weight excluding hydrogens is 772 g/mol. The number of carboxylic acids is 2. The predicted molar refractivity (Wildman–Crippen MR) is 194 cm³/mol. The number of hydrogen-bond acceptors (Lipinski definition) is 8. The Morgan fingerprint density at radius 1 is 0.825 bits per heavy atom. The third-order valence-electron chi connectivity index (χ3n) is 8.85. The summed E-state index contributed by atoms with van der Waals surface area (Å²) in [6.45, 7) is 2.18. The summed E-state index contributed by atoms with van der Waals surface area (Å²) in [5, 5.41) is 19.3. The Labute approximate surface area is 323 Å². The number of aliphatic imine (C=N–C) groups is 1. The number of nitrogens with one attached hydrogen (secondary N) is 1. The Morgan fingerprint density at radius 3 is 1.96 bits per heavy atom. The van der Waals surface area contributed by atoms with Gasteiger partial charge in [-0.05, 0) is 67.7 Å². The van der Waals surface area contributed by atoms with E-state index >= 15 is 0 Å². The average Bonchev–Trinajstić information content (AvgIpc) is 3.65. The summed E-state index contributed by atoms with van der Waals surface area (Å²) in [5.41, 5.74) is 18.2. The molecule has 0 aromatic heterocycles. The van der Waals surface area contributed by atoms with Crippen LogP contribution < -0.4 is 22.5 Å². The van der Waals surface area contributed by atoms with Crippen LogP contribution in [0.1, 0.15) is 63.4 Å². The van der Waals surface area contributed by atoms with Gasteiger partial charge in [-0.1, -0.05) is 42.5 Å². The molecule has 9 N–H and O–H groups in total. The van der Waals surface area contributed by atoms with Crippen LogP contribution in [0.2, 0.25) is 0 Å². The van der Waals surface area contributed by atoms with E-state index in [-0.39, 0.29) is 42.3 Å². The van der Waals surface area contributed by atoms with E-state index in [0.717, 1.165) is 48.7 Å². The average molecular weight is 820 g/mol. The highest BCUT2D eigenvalue weighted by Gasteiger charge is 2.39. The zero-order chi connectivity index (χ0) is 42.9. The lowest BCUT2D eigenvalue weighted by atomic mass is 10.0. The molecule has 3 atom stereocenters. The van der Waals surface area contributed by atoms with E-state index < -0.39 is 42.4 Å². The predicted octanol–water partition coefficient (Wildman–Crippen LogP) is 2.87. The second kappa shape index (κ2) is 22.3. The van der Waals surface area contributed by atoms with Gasteiger partial charge in [-0.2, -0.15) is 26.3 Å². The van der Waals surface area contributed by atoms with Crippen LogP contribution in [-0.4, -0.2) is 118 Å². The van der Waals surface area contributed by atoms with Gasteiger partial charge in [0.15, 0.2) is 11.7 Å². The zero-order valence-electron chi connectivity index (χ0n) is 30.9. The first kappa shape index (κ1) is 47.7. The number of piperidine rings is 1. The van der Waals surface area contributed by atoms with E-state index in [4.69, 9.17) is 37.0 Å². The molecule has 3 amide bonds. The number of benzene rings is 2. The number of hydrogen-bond donors (Lipinski definition) is 6. The Morgan fingerprint density at radius 2 is 1.40 bits per heavy atom. The summed E-state index contributed by atoms with van der Waals surface area (Å²) in [4.78, 5) is 77.9. The summed E-state index contributed by atoms with van der Waals surface area (Å²) in [6.07, 6.45) is -4.66. The molecule has 2 aliphatic heterocycles. The minimum absolute atomic E-state index is 0.0342. The van der Waals surface area contributed by atoms with Gasteiger partial charge in [-0.25, -0.2) is 9.59 Å². The molecule has 0 spiro atoms. The molecule has 0 radical (unpaired) electrons. The molecule has 0 saturated carbocycles. The Bertz CT molecular complexity index is 1710. The third kappa shape index (κ3) is 16.7. The fourth-order valence-electron chi connectivity index (χ4n) is 6.01. The maximum atomic E-state index is 13.5. The van der Waals surface area contributed by atoms with Crippen molar-refractivity contribution in [1.82, 2.24) is 15.1 Å². The zero-order valence-corrected chi connectivity index (χ0v) is 30.9. The van der Waals surface area contributed by atoms with Crippen LogP contribution >= 0.6 is 0 Å². The smallest absolute Gasteiger partial charge is 0.475 e. The van der Waals surface area contributed by atoms with Crippen LogP contribution in [-0.2, 0) is 35.2 Å².